The minimum atomic E-state index is -0.342. The molecule has 0 saturated carbocycles. The van der Waals surface area contributed by atoms with Crippen molar-refractivity contribution in [2.75, 3.05) is 44.2 Å². The summed E-state index contributed by atoms with van der Waals surface area (Å²) in [6, 6.07) is 20.3. The third kappa shape index (κ3) is 5.39. The molecule has 0 radical (unpaired) electrons. The lowest BCUT2D eigenvalue weighted by Gasteiger charge is -2.22. The summed E-state index contributed by atoms with van der Waals surface area (Å²) in [6.07, 6.45) is 0.631. The standard InChI is InChI=1S/C31H38N3O3/c1-5-33(6-2)22-14-16-26-28(20-22)37-29-21-23(34(7-3)8-4)15-17-27(29)30(26)24-12-9-10-13-25(24)31(35)36-19-11-18-32/h9-10,12-17,20-21H,5-8,11,18-19,32H2,1-4H3/q+1. The largest absolute Gasteiger partial charge is 0.462 e. The Morgan fingerprint density at radius 3 is 2.41 bits per heavy atom. The van der Waals surface area contributed by atoms with Crippen LogP contribution >= 0.6 is 0 Å². The number of esters is 1. The van der Waals surface area contributed by atoms with Crippen LogP contribution in [0.3, 0.4) is 0 Å². The second-order valence-electron chi connectivity index (χ2n) is 9.01. The fraction of sp³-hybridized carbons (Fsp3) is 0.355. The van der Waals surface area contributed by atoms with Gasteiger partial charge in [-0.3, -0.25) is 0 Å². The number of hydrogen-bond acceptors (Lipinski definition) is 5. The monoisotopic (exact) mass is 500 g/mol. The van der Waals surface area contributed by atoms with Gasteiger partial charge < -0.3 is 19.8 Å². The molecule has 4 rings (SSSR count). The van der Waals surface area contributed by atoms with Gasteiger partial charge in [-0.05, 0) is 70.5 Å². The minimum Gasteiger partial charge on any atom is -0.462 e. The molecule has 194 valence electrons. The molecular formula is C31H38N3O3+. The van der Waals surface area contributed by atoms with E-state index >= 15 is 0 Å². The maximum atomic E-state index is 13.1. The molecule has 6 heteroatoms. The van der Waals surface area contributed by atoms with Crippen LogP contribution in [0.25, 0.3) is 33.4 Å². The molecule has 0 amide bonds. The Balaban J connectivity index is 2.03. The third-order valence-electron chi connectivity index (χ3n) is 6.94. The highest BCUT2D eigenvalue weighted by molar-refractivity contribution is 6.08. The van der Waals surface area contributed by atoms with E-state index in [9.17, 15) is 4.79 Å². The van der Waals surface area contributed by atoms with Crippen LogP contribution in [-0.4, -0.2) is 45.3 Å². The fourth-order valence-electron chi connectivity index (χ4n) is 4.93. The quantitative estimate of drug-likeness (QED) is 0.137. The number of fused-ring (bicyclic) bond motifs is 2. The molecule has 0 aromatic heterocycles. The van der Waals surface area contributed by atoms with Gasteiger partial charge in [-0.1, -0.05) is 18.2 Å². The highest BCUT2D eigenvalue weighted by Crippen LogP contribution is 2.42. The van der Waals surface area contributed by atoms with Crippen molar-refractivity contribution in [3.05, 3.63) is 71.6 Å². The van der Waals surface area contributed by atoms with Crippen LogP contribution in [0.15, 0.2) is 65.1 Å². The van der Waals surface area contributed by atoms with Crippen LogP contribution in [0.5, 0.6) is 0 Å². The fourth-order valence-corrected chi connectivity index (χ4v) is 4.93. The lowest BCUT2D eigenvalue weighted by molar-refractivity contribution is 0.0504. The second kappa shape index (κ2) is 12.1. The van der Waals surface area contributed by atoms with Crippen LogP contribution in [0.2, 0.25) is 0 Å². The summed E-state index contributed by atoms with van der Waals surface area (Å²) < 4.78 is 14.4. The molecule has 1 heterocycles. The van der Waals surface area contributed by atoms with Gasteiger partial charge in [0.25, 0.3) is 0 Å². The van der Waals surface area contributed by atoms with Crippen molar-refractivity contribution in [1.82, 2.24) is 4.58 Å². The SMILES string of the molecule is CCN(CC)c1ccc2c(-c3ccccc3C(=O)OCCCN)c3ccc(=[N+](CC)CC)cc-3oc2c1. The molecule has 37 heavy (non-hydrogen) atoms. The summed E-state index contributed by atoms with van der Waals surface area (Å²) in [7, 11) is 0. The average Bonchev–Trinajstić information content (AvgIpc) is 2.93. The Morgan fingerprint density at radius 2 is 1.70 bits per heavy atom. The zero-order chi connectivity index (χ0) is 26.4. The summed E-state index contributed by atoms with van der Waals surface area (Å²) in [5, 5.41) is 2.07. The first-order valence-corrected chi connectivity index (χ1v) is 13.4. The van der Waals surface area contributed by atoms with Crippen molar-refractivity contribution >= 4 is 22.6 Å². The number of ether oxygens (including phenoxy) is 1. The molecule has 0 saturated heterocycles. The van der Waals surface area contributed by atoms with E-state index in [1.54, 1.807) is 0 Å². The maximum absolute atomic E-state index is 13.1. The Kier molecular flexibility index (Phi) is 8.62. The van der Waals surface area contributed by atoms with E-state index in [0.29, 0.717) is 25.1 Å². The highest BCUT2D eigenvalue weighted by Gasteiger charge is 2.23. The van der Waals surface area contributed by atoms with Crippen LogP contribution < -0.4 is 20.6 Å². The van der Waals surface area contributed by atoms with Crippen molar-refractivity contribution in [3.8, 4) is 22.5 Å². The smallest absolute Gasteiger partial charge is 0.338 e. The summed E-state index contributed by atoms with van der Waals surface area (Å²) in [5.74, 6) is 0.445. The third-order valence-corrected chi connectivity index (χ3v) is 6.94. The number of carbonyl (C=O) groups excluding carboxylic acids is 1. The van der Waals surface area contributed by atoms with Gasteiger partial charge in [-0.25, -0.2) is 9.37 Å². The van der Waals surface area contributed by atoms with Crippen LogP contribution in [0.1, 0.15) is 44.5 Å². The normalized spacial score (nSPS) is 11.2. The van der Waals surface area contributed by atoms with E-state index in [0.717, 1.165) is 70.6 Å². The number of anilines is 1. The van der Waals surface area contributed by atoms with Gasteiger partial charge in [0.15, 0.2) is 0 Å². The molecule has 2 aliphatic rings. The summed E-state index contributed by atoms with van der Waals surface area (Å²) in [5.41, 5.74) is 10.8. The molecule has 1 aliphatic heterocycles. The Hall–Kier alpha value is -3.64. The minimum absolute atomic E-state index is 0.301. The summed E-state index contributed by atoms with van der Waals surface area (Å²) in [6.45, 7) is 13.0. The lowest BCUT2D eigenvalue weighted by Crippen LogP contribution is -2.29. The van der Waals surface area contributed by atoms with E-state index in [2.05, 4.69) is 73.6 Å². The predicted molar refractivity (Wildman–Crippen MR) is 152 cm³/mol. The molecule has 2 N–H and O–H groups in total. The van der Waals surface area contributed by atoms with Crippen molar-refractivity contribution in [3.63, 3.8) is 0 Å². The summed E-state index contributed by atoms with van der Waals surface area (Å²) >= 11 is 0. The summed E-state index contributed by atoms with van der Waals surface area (Å²) in [4.78, 5) is 15.4. The predicted octanol–water partition coefficient (Wildman–Crippen LogP) is 5.37. The van der Waals surface area contributed by atoms with Crippen LogP contribution in [0.4, 0.5) is 5.69 Å². The Labute approximate surface area is 219 Å². The van der Waals surface area contributed by atoms with Crippen molar-refractivity contribution in [1.29, 1.82) is 0 Å². The van der Waals surface area contributed by atoms with Crippen molar-refractivity contribution in [2.45, 2.75) is 34.1 Å². The molecule has 0 fully saturated rings. The van der Waals surface area contributed by atoms with E-state index in [1.807, 2.05) is 24.3 Å². The van der Waals surface area contributed by atoms with Gasteiger partial charge in [-0.15, -0.1) is 0 Å². The van der Waals surface area contributed by atoms with E-state index < -0.39 is 0 Å². The molecule has 0 spiro atoms. The molecule has 2 aromatic carbocycles. The van der Waals surface area contributed by atoms with E-state index in [-0.39, 0.29) is 5.97 Å². The number of carbonyl (C=O) groups is 1. The number of nitrogens with zero attached hydrogens (tertiary/aromatic N) is 2. The number of rotatable bonds is 10. The zero-order valence-electron chi connectivity index (χ0n) is 22.4. The molecule has 0 atom stereocenters. The lowest BCUT2D eigenvalue weighted by atomic mass is 9.90. The molecule has 6 nitrogen and oxygen atoms in total. The second-order valence-corrected chi connectivity index (χ2v) is 9.01. The Morgan fingerprint density at radius 1 is 0.946 bits per heavy atom. The van der Waals surface area contributed by atoms with Crippen molar-refractivity contribution < 1.29 is 13.9 Å². The first-order valence-electron chi connectivity index (χ1n) is 13.4. The maximum Gasteiger partial charge on any atom is 0.338 e. The molecule has 1 aliphatic carbocycles. The molecule has 0 bridgehead atoms. The van der Waals surface area contributed by atoms with Gasteiger partial charge >= 0.3 is 5.97 Å². The van der Waals surface area contributed by atoms with Gasteiger partial charge in [0.2, 0.25) is 5.36 Å². The van der Waals surface area contributed by atoms with E-state index in [1.165, 1.54) is 0 Å². The van der Waals surface area contributed by atoms with Gasteiger partial charge in [0, 0.05) is 47.4 Å². The molecular weight excluding hydrogens is 462 g/mol. The molecule has 2 aromatic rings. The van der Waals surface area contributed by atoms with Gasteiger partial charge in [0.1, 0.15) is 24.4 Å². The van der Waals surface area contributed by atoms with Gasteiger partial charge in [-0.2, -0.15) is 0 Å². The van der Waals surface area contributed by atoms with Crippen molar-refractivity contribution in [2.24, 2.45) is 5.73 Å². The zero-order valence-corrected chi connectivity index (χ0v) is 22.4. The highest BCUT2D eigenvalue weighted by atomic mass is 16.5. The first kappa shape index (κ1) is 26.4. The first-order chi connectivity index (χ1) is 18.1. The number of benzene rings is 3. The van der Waals surface area contributed by atoms with E-state index in [4.69, 9.17) is 14.9 Å². The van der Waals surface area contributed by atoms with Crippen LogP contribution in [0, 0.1) is 0 Å². The van der Waals surface area contributed by atoms with Crippen LogP contribution in [-0.2, 0) is 4.74 Å². The average molecular weight is 501 g/mol. The Bertz CT molecular complexity index is 1410. The number of hydrogen-bond donors (Lipinski definition) is 1. The molecule has 0 unspecified atom stereocenters. The van der Waals surface area contributed by atoms with Gasteiger partial charge in [0.05, 0.1) is 18.2 Å². The number of nitrogens with two attached hydrogens (primary N) is 1. The topological polar surface area (TPSA) is 71.7 Å².